The molecule has 1 unspecified atom stereocenters. The summed E-state index contributed by atoms with van der Waals surface area (Å²) < 4.78 is 17.0. The highest BCUT2D eigenvalue weighted by molar-refractivity contribution is 7.99. The highest BCUT2D eigenvalue weighted by atomic mass is 32.2. The van der Waals surface area contributed by atoms with Crippen LogP contribution in [-0.4, -0.2) is 43.2 Å². The van der Waals surface area contributed by atoms with Crippen molar-refractivity contribution in [3.8, 4) is 29.1 Å². The van der Waals surface area contributed by atoms with Crippen LogP contribution in [0.3, 0.4) is 0 Å². The molecular weight excluding hydrogens is 386 g/mol. The topological polar surface area (TPSA) is 60.8 Å². The minimum absolute atomic E-state index is 0.0412. The number of likely N-dealkylation sites (N-methyl/N-ethyl adjacent to an activating group) is 1. The number of aromatic amines is 1. The van der Waals surface area contributed by atoms with Gasteiger partial charge in [-0.2, -0.15) is 0 Å². The number of benzene rings is 2. The lowest BCUT2D eigenvalue weighted by molar-refractivity contribution is -0.905. The molecule has 7 heteroatoms. The van der Waals surface area contributed by atoms with Crippen molar-refractivity contribution in [2.75, 3.05) is 33.2 Å². The molecule has 0 aliphatic carbocycles. The summed E-state index contributed by atoms with van der Waals surface area (Å²) in [4.78, 5) is 9.29. The number of hydrogen-bond acceptors (Lipinski definition) is 5. The van der Waals surface area contributed by atoms with E-state index in [1.165, 1.54) is 10.5 Å². The maximum Gasteiger partial charge on any atom is 0.231 e. The van der Waals surface area contributed by atoms with Gasteiger partial charge in [0, 0.05) is 6.42 Å². The van der Waals surface area contributed by atoms with Crippen LogP contribution in [0.2, 0.25) is 0 Å². The van der Waals surface area contributed by atoms with E-state index < -0.39 is 0 Å². The molecule has 5 rings (SSSR count). The molecule has 3 aromatic rings. The van der Waals surface area contributed by atoms with Crippen molar-refractivity contribution in [1.29, 1.82) is 0 Å². The second kappa shape index (κ2) is 7.54. The summed E-state index contributed by atoms with van der Waals surface area (Å²) in [6.45, 7) is 1.26. The fourth-order valence-electron chi connectivity index (χ4n) is 3.97. The summed E-state index contributed by atoms with van der Waals surface area (Å²) in [7, 11) is 3.86. The molecule has 6 nitrogen and oxygen atoms in total. The van der Waals surface area contributed by atoms with Crippen LogP contribution in [-0.2, 0) is 6.42 Å². The smallest absolute Gasteiger partial charge is 0.231 e. The van der Waals surface area contributed by atoms with Crippen LogP contribution >= 0.6 is 11.8 Å². The number of thioether (sulfide) groups is 1. The van der Waals surface area contributed by atoms with Gasteiger partial charge in [-0.3, -0.25) is 0 Å². The molecule has 3 heterocycles. The van der Waals surface area contributed by atoms with Gasteiger partial charge in [-0.05, 0) is 29.7 Å². The van der Waals surface area contributed by atoms with E-state index in [9.17, 15) is 0 Å². The Morgan fingerprint density at radius 1 is 1.34 bits per heavy atom. The normalized spacial score (nSPS) is 19.5. The second-order valence-corrected chi connectivity index (χ2v) is 8.13. The number of hydrogen-bond donors (Lipinski definition) is 2. The number of imidazole rings is 1. The fourth-order valence-corrected chi connectivity index (χ4v) is 4.60. The molecule has 2 atom stereocenters. The van der Waals surface area contributed by atoms with Gasteiger partial charge in [0.15, 0.2) is 22.7 Å². The predicted octanol–water partition coefficient (Wildman–Crippen LogP) is 2.21. The summed E-state index contributed by atoms with van der Waals surface area (Å²) in [5, 5.41) is 0.895. The lowest BCUT2D eigenvalue weighted by Crippen LogP contribution is -3.10. The monoisotopic (exact) mass is 408 g/mol. The molecule has 2 aliphatic rings. The number of para-hydroxylation sites is 2. The van der Waals surface area contributed by atoms with Crippen molar-refractivity contribution in [3.63, 3.8) is 0 Å². The maximum absolute atomic E-state index is 5.74. The number of quaternary nitrogens is 1. The van der Waals surface area contributed by atoms with E-state index in [-0.39, 0.29) is 12.8 Å². The quantitative estimate of drug-likeness (QED) is 0.514. The largest absolute Gasteiger partial charge is 0.492 e. The van der Waals surface area contributed by atoms with Crippen LogP contribution in [0.15, 0.2) is 35.5 Å². The Balaban J connectivity index is 1.39. The van der Waals surface area contributed by atoms with Crippen LogP contribution in [0, 0.1) is 11.8 Å². The van der Waals surface area contributed by atoms with Gasteiger partial charge in [-0.25, -0.2) is 4.98 Å². The second-order valence-electron chi connectivity index (χ2n) is 7.16. The number of nitrogens with one attached hydrogen (secondary N) is 2. The van der Waals surface area contributed by atoms with Gasteiger partial charge in [0.1, 0.15) is 0 Å². The molecular formula is C22H22N3O3S+. The maximum atomic E-state index is 5.74. The molecule has 2 aliphatic heterocycles. The Morgan fingerprint density at radius 2 is 2.24 bits per heavy atom. The number of rotatable bonds is 3. The third-order valence-corrected chi connectivity index (χ3v) is 6.17. The molecule has 0 bridgehead atoms. The van der Waals surface area contributed by atoms with Gasteiger partial charge in [0.2, 0.25) is 12.5 Å². The Hall–Kier alpha value is -2.82. The number of H-pyrrole nitrogens is 1. The Kier molecular flexibility index (Phi) is 4.74. The van der Waals surface area contributed by atoms with Crippen molar-refractivity contribution >= 4 is 22.8 Å². The van der Waals surface area contributed by atoms with Crippen molar-refractivity contribution in [2.45, 2.75) is 17.6 Å². The average molecular weight is 409 g/mol. The number of fused-ring (bicyclic) bond motifs is 3. The van der Waals surface area contributed by atoms with Gasteiger partial charge in [-0.15, -0.1) is 0 Å². The number of ether oxygens (including phenoxy) is 3. The summed E-state index contributed by atoms with van der Waals surface area (Å²) in [5.41, 5.74) is 4.39. The zero-order valence-corrected chi connectivity index (χ0v) is 17.2. The minimum atomic E-state index is 0.0412. The van der Waals surface area contributed by atoms with E-state index in [4.69, 9.17) is 14.2 Å². The van der Waals surface area contributed by atoms with Gasteiger partial charge in [0.25, 0.3) is 0 Å². The van der Waals surface area contributed by atoms with Crippen molar-refractivity contribution in [2.24, 2.45) is 0 Å². The molecule has 0 saturated heterocycles. The minimum Gasteiger partial charge on any atom is -0.492 e. The van der Waals surface area contributed by atoms with Crippen molar-refractivity contribution < 1.29 is 19.1 Å². The van der Waals surface area contributed by atoms with E-state index in [0.29, 0.717) is 11.5 Å². The average Bonchev–Trinajstić information content (AvgIpc) is 3.37. The van der Waals surface area contributed by atoms with E-state index in [0.717, 1.165) is 46.2 Å². The van der Waals surface area contributed by atoms with Gasteiger partial charge >= 0.3 is 0 Å². The molecule has 0 spiro atoms. The van der Waals surface area contributed by atoms with E-state index >= 15 is 0 Å². The molecule has 0 saturated carbocycles. The summed E-state index contributed by atoms with van der Waals surface area (Å²) in [6, 6.07) is 10.2. The summed E-state index contributed by atoms with van der Waals surface area (Å²) >= 11 is 1.62. The van der Waals surface area contributed by atoms with Gasteiger partial charge in [-0.1, -0.05) is 29.8 Å². The molecule has 29 heavy (non-hydrogen) atoms. The first kappa shape index (κ1) is 18.2. The summed E-state index contributed by atoms with van der Waals surface area (Å²) in [6.07, 6.45) is 0.972. The molecule has 2 N–H and O–H groups in total. The molecule has 0 radical (unpaired) electrons. The lowest BCUT2D eigenvalue weighted by Gasteiger charge is -2.30. The van der Waals surface area contributed by atoms with E-state index in [1.54, 1.807) is 18.9 Å². The van der Waals surface area contributed by atoms with Crippen molar-refractivity contribution in [3.05, 3.63) is 41.5 Å². The van der Waals surface area contributed by atoms with E-state index in [2.05, 4.69) is 34.9 Å². The third-order valence-electron chi connectivity index (χ3n) is 5.41. The zero-order valence-electron chi connectivity index (χ0n) is 16.4. The van der Waals surface area contributed by atoms with Crippen LogP contribution in [0.1, 0.15) is 17.2 Å². The fraction of sp³-hybridized carbons (Fsp3) is 0.318. The molecule has 1 aromatic heterocycles. The molecule has 148 valence electrons. The van der Waals surface area contributed by atoms with Gasteiger partial charge in [0.05, 0.1) is 43.1 Å². The highest BCUT2D eigenvalue weighted by Crippen LogP contribution is 2.47. The standard InChI is InChI=1S/C22H21N3O3S/c1-25-10-9-14-12-18-20(28-13-27-18)21(26-2)19(14)17(25)8-5-11-29-22-23-15-6-3-4-7-16(15)24-22/h3-4,6-7,12,17H,9-11,13H2,1-2H3,(H,23,24)/p+1/t17-/m1/s1. The SMILES string of the molecule is COc1c2c(cc3c1[C@@H](C#CCSc1nc4ccccc4[nH]1)[NH+](C)CC3)OCO2. The predicted molar refractivity (Wildman–Crippen MR) is 112 cm³/mol. The molecule has 0 amide bonds. The summed E-state index contributed by atoms with van der Waals surface area (Å²) in [5.74, 6) is 9.72. The molecule has 0 fully saturated rings. The number of aromatic nitrogens is 2. The Bertz CT molecular complexity index is 1100. The van der Waals surface area contributed by atoms with Crippen LogP contribution in [0.25, 0.3) is 11.0 Å². The zero-order chi connectivity index (χ0) is 19.8. The van der Waals surface area contributed by atoms with Crippen LogP contribution in [0.5, 0.6) is 17.2 Å². The van der Waals surface area contributed by atoms with Crippen LogP contribution in [0.4, 0.5) is 0 Å². The lowest BCUT2D eigenvalue weighted by atomic mass is 9.91. The number of methoxy groups -OCH3 is 1. The first-order valence-corrected chi connectivity index (χ1v) is 10.6. The first-order valence-electron chi connectivity index (χ1n) is 9.62. The Morgan fingerprint density at radius 3 is 3.10 bits per heavy atom. The highest BCUT2D eigenvalue weighted by Gasteiger charge is 2.35. The van der Waals surface area contributed by atoms with Crippen molar-refractivity contribution in [1.82, 2.24) is 9.97 Å². The first-order chi connectivity index (χ1) is 14.2. The third kappa shape index (κ3) is 3.28. The van der Waals surface area contributed by atoms with Gasteiger partial charge < -0.3 is 24.1 Å². The van der Waals surface area contributed by atoms with Crippen LogP contribution < -0.4 is 19.1 Å². The molecule has 2 aromatic carbocycles. The number of nitrogens with zero attached hydrogens (tertiary/aromatic N) is 1. The van der Waals surface area contributed by atoms with E-state index in [1.807, 2.05) is 24.3 Å². The Labute approximate surface area is 173 Å².